The van der Waals surface area contributed by atoms with Crippen molar-refractivity contribution in [3.8, 4) is 0 Å². The van der Waals surface area contributed by atoms with E-state index in [1.807, 2.05) is 19.0 Å². The molecular weight excluding hydrogens is 170 g/mol. The highest BCUT2D eigenvalue weighted by Gasteiger charge is 2.22. The van der Waals surface area contributed by atoms with E-state index in [4.69, 9.17) is 0 Å². The maximum atomic E-state index is 11.2. The number of nitrogens with zero attached hydrogens (tertiary/aromatic N) is 2. The summed E-state index contributed by atoms with van der Waals surface area (Å²) in [6.45, 7) is 2.30. The number of β-amino-alcohol motifs (C(OH)–C–C–N with tert-alkyl or cyclic N) is 1. The number of likely N-dealkylation sites (N-methyl/N-ethyl adjacent to an activating group) is 1. The second-order valence-corrected chi connectivity index (χ2v) is 3.59. The van der Waals surface area contributed by atoms with Crippen molar-refractivity contribution in [3.05, 3.63) is 0 Å². The second kappa shape index (κ2) is 4.43. The zero-order valence-corrected chi connectivity index (χ0v) is 8.16. The molecule has 1 unspecified atom stereocenters. The van der Waals surface area contributed by atoms with E-state index in [1.54, 1.807) is 4.90 Å². The van der Waals surface area contributed by atoms with Gasteiger partial charge in [-0.2, -0.15) is 0 Å². The van der Waals surface area contributed by atoms with E-state index in [0.717, 1.165) is 6.54 Å². The Hall–Kier alpha value is -0.810. The molecule has 13 heavy (non-hydrogen) atoms. The quantitative estimate of drug-likeness (QED) is 0.592. The molecule has 0 bridgehead atoms. The number of aliphatic hydroxyl groups is 1. The first-order valence-corrected chi connectivity index (χ1v) is 4.45. The first-order valence-electron chi connectivity index (χ1n) is 4.45. The molecule has 0 aromatic heterocycles. The Labute approximate surface area is 78.3 Å². The van der Waals surface area contributed by atoms with Crippen molar-refractivity contribution in [3.63, 3.8) is 0 Å². The third-order valence-electron chi connectivity index (χ3n) is 2.02. The molecule has 0 aromatic rings. The summed E-state index contributed by atoms with van der Waals surface area (Å²) in [7, 11) is 3.91. The van der Waals surface area contributed by atoms with E-state index < -0.39 is 6.10 Å². The molecule has 2 N–H and O–H groups in total. The third-order valence-corrected chi connectivity index (χ3v) is 2.02. The summed E-state index contributed by atoms with van der Waals surface area (Å²) in [4.78, 5) is 14.9. The summed E-state index contributed by atoms with van der Waals surface area (Å²) >= 11 is 0. The average molecular weight is 187 g/mol. The number of hydrogen-bond acceptors (Lipinski definition) is 3. The number of urea groups is 1. The molecule has 0 spiro atoms. The van der Waals surface area contributed by atoms with E-state index in [9.17, 15) is 9.90 Å². The van der Waals surface area contributed by atoms with Crippen LogP contribution in [0.1, 0.15) is 0 Å². The van der Waals surface area contributed by atoms with Crippen molar-refractivity contribution in [2.24, 2.45) is 0 Å². The smallest absolute Gasteiger partial charge is 0.317 e. The van der Waals surface area contributed by atoms with Crippen LogP contribution in [0, 0.1) is 0 Å². The third kappa shape index (κ3) is 3.20. The molecule has 1 rings (SSSR count). The minimum Gasteiger partial charge on any atom is -0.389 e. The van der Waals surface area contributed by atoms with Crippen LogP contribution in [0.4, 0.5) is 4.79 Å². The van der Waals surface area contributed by atoms with Gasteiger partial charge in [0.25, 0.3) is 0 Å². The molecule has 0 aliphatic carbocycles. The zero-order chi connectivity index (χ0) is 9.84. The van der Waals surface area contributed by atoms with Gasteiger partial charge in [0.2, 0.25) is 0 Å². The summed E-state index contributed by atoms with van der Waals surface area (Å²) < 4.78 is 0. The molecule has 0 aromatic carbocycles. The summed E-state index contributed by atoms with van der Waals surface area (Å²) in [5.41, 5.74) is 0. The van der Waals surface area contributed by atoms with Gasteiger partial charge in [0.05, 0.1) is 12.6 Å². The van der Waals surface area contributed by atoms with Crippen LogP contribution in [0.2, 0.25) is 0 Å². The molecule has 1 aliphatic rings. The van der Waals surface area contributed by atoms with Gasteiger partial charge in [-0.3, -0.25) is 0 Å². The maximum Gasteiger partial charge on any atom is 0.317 e. The minimum atomic E-state index is -0.431. The fraction of sp³-hybridized carbons (Fsp3) is 0.875. The van der Waals surface area contributed by atoms with Crippen LogP contribution in [-0.2, 0) is 0 Å². The van der Waals surface area contributed by atoms with Crippen LogP contribution >= 0.6 is 0 Å². The lowest BCUT2D eigenvalue weighted by atomic mass is 10.3. The van der Waals surface area contributed by atoms with Crippen LogP contribution < -0.4 is 5.32 Å². The van der Waals surface area contributed by atoms with Crippen LogP contribution in [0.15, 0.2) is 0 Å². The number of hydrogen-bond donors (Lipinski definition) is 2. The van der Waals surface area contributed by atoms with Gasteiger partial charge in [0.15, 0.2) is 0 Å². The predicted octanol–water partition coefficient (Wildman–Crippen LogP) is -1.07. The molecule has 1 aliphatic heterocycles. The summed E-state index contributed by atoms with van der Waals surface area (Å²) in [6, 6.07) is -0.0767. The van der Waals surface area contributed by atoms with Gasteiger partial charge in [0.1, 0.15) is 0 Å². The summed E-state index contributed by atoms with van der Waals surface area (Å²) in [5, 5.41) is 11.9. The van der Waals surface area contributed by atoms with E-state index in [2.05, 4.69) is 5.32 Å². The highest BCUT2D eigenvalue weighted by atomic mass is 16.3. The number of rotatable bonds is 3. The van der Waals surface area contributed by atoms with E-state index in [1.165, 1.54) is 0 Å². The molecule has 5 nitrogen and oxygen atoms in total. The van der Waals surface area contributed by atoms with Gasteiger partial charge >= 0.3 is 6.03 Å². The molecule has 1 fully saturated rings. The monoisotopic (exact) mass is 187 g/mol. The Balaban J connectivity index is 2.33. The van der Waals surface area contributed by atoms with Crippen molar-refractivity contribution >= 4 is 6.03 Å². The number of amides is 2. The highest BCUT2D eigenvalue weighted by molar-refractivity contribution is 5.75. The minimum absolute atomic E-state index is 0.0767. The lowest BCUT2D eigenvalue weighted by Crippen LogP contribution is -2.54. The highest BCUT2D eigenvalue weighted by Crippen LogP contribution is 1.99. The fourth-order valence-electron chi connectivity index (χ4n) is 1.23. The SMILES string of the molecule is CN(C)CCN1CC(O)CNC1=O. The first kappa shape index (κ1) is 10.3. The Morgan fingerprint density at radius 1 is 1.69 bits per heavy atom. The number of nitrogens with one attached hydrogen (secondary N) is 1. The van der Waals surface area contributed by atoms with E-state index in [0.29, 0.717) is 19.6 Å². The van der Waals surface area contributed by atoms with Crippen LogP contribution in [0.5, 0.6) is 0 Å². The molecular formula is C8H17N3O2. The summed E-state index contributed by atoms with van der Waals surface area (Å²) in [5.74, 6) is 0. The van der Waals surface area contributed by atoms with Crippen molar-refractivity contribution in [2.45, 2.75) is 6.10 Å². The molecule has 0 radical (unpaired) electrons. The molecule has 76 valence electrons. The number of carbonyl (C=O) groups excluding carboxylic acids is 1. The summed E-state index contributed by atoms with van der Waals surface area (Å²) in [6.07, 6.45) is -0.431. The van der Waals surface area contributed by atoms with Crippen molar-refractivity contribution in [2.75, 3.05) is 40.3 Å². The molecule has 5 heteroatoms. The second-order valence-electron chi connectivity index (χ2n) is 3.59. The van der Waals surface area contributed by atoms with E-state index >= 15 is 0 Å². The fourth-order valence-corrected chi connectivity index (χ4v) is 1.23. The largest absolute Gasteiger partial charge is 0.389 e. The van der Waals surface area contributed by atoms with E-state index in [-0.39, 0.29) is 6.03 Å². The van der Waals surface area contributed by atoms with Gasteiger partial charge in [-0.25, -0.2) is 4.79 Å². The molecule has 1 saturated heterocycles. The average Bonchev–Trinajstić information content (AvgIpc) is 2.06. The Bertz CT molecular complexity index is 184. The van der Waals surface area contributed by atoms with Gasteiger partial charge in [-0.15, -0.1) is 0 Å². The topological polar surface area (TPSA) is 55.8 Å². The normalized spacial score (nSPS) is 23.5. The maximum absolute atomic E-state index is 11.2. The first-order chi connectivity index (χ1) is 6.09. The van der Waals surface area contributed by atoms with Crippen molar-refractivity contribution < 1.29 is 9.90 Å². The van der Waals surface area contributed by atoms with Gasteiger partial charge in [-0.05, 0) is 14.1 Å². The molecule has 2 amide bonds. The van der Waals surface area contributed by atoms with Crippen LogP contribution in [-0.4, -0.2) is 67.3 Å². The molecule has 1 heterocycles. The Morgan fingerprint density at radius 2 is 2.38 bits per heavy atom. The van der Waals surface area contributed by atoms with Crippen LogP contribution in [0.3, 0.4) is 0 Å². The standard InChI is InChI=1S/C8H17N3O2/c1-10(2)3-4-11-6-7(12)5-9-8(11)13/h7,12H,3-6H2,1-2H3,(H,9,13). The van der Waals surface area contributed by atoms with Gasteiger partial charge < -0.3 is 20.2 Å². The molecule has 0 saturated carbocycles. The number of carbonyl (C=O) groups is 1. The van der Waals surface area contributed by atoms with Crippen molar-refractivity contribution in [1.82, 2.24) is 15.1 Å². The lowest BCUT2D eigenvalue weighted by molar-refractivity contribution is 0.0933. The van der Waals surface area contributed by atoms with Crippen molar-refractivity contribution in [1.29, 1.82) is 0 Å². The Kier molecular flexibility index (Phi) is 3.50. The molecule has 1 atom stereocenters. The van der Waals surface area contributed by atoms with Gasteiger partial charge in [-0.1, -0.05) is 0 Å². The van der Waals surface area contributed by atoms with Gasteiger partial charge in [0, 0.05) is 19.6 Å². The predicted molar refractivity (Wildman–Crippen MR) is 49.5 cm³/mol. The number of aliphatic hydroxyl groups excluding tert-OH is 1. The van der Waals surface area contributed by atoms with Crippen LogP contribution in [0.25, 0.3) is 0 Å². The Morgan fingerprint density at radius 3 is 3.00 bits per heavy atom. The zero-order valence-electron chi connectivity index (χ0n) is 8.16. The lowest BCUT2D eigenvalue weighted by Gasteiger charge is -2.31.